The molecule has 0 spiro atoms. The van der Waals surface area contributed by atoms with E-state index < -0.39 is 24.0 Å². The standard InChI is InChI=1S/C27H30N2O4/c1-18(2)22-14-13-21(32-26(30)23(28)15-19-9-5-3-6-10-19)17-25(22)33-27(31)24(29)16-20-11-7-4-8-12-20/h3-14,17-18,23-24H,15-16,28-29H2,1-2H3. The lowest BCUT2D eigenvalue weighted by Gasteiger charge is -2.17. The van der Waals surface area contributed by atoms with Crippen molar-refractivity contribution in [3.8, 4) is 11.5 Å². The van der Waals surface area contributed by atoms with E-state index in [2.05, 4.69) is 0 Å². The van der Waals surface area contributed by atoms with Gasteiger partial charge in [-0.15, -0.1) is 0 Å². The second-order valence-electron chi connectivity index (χ2n) is 8.29. The fourth-order valence-electron chi connectivity index (χ4n) is 3.42. The van der Waals surface area contributed by atoms with Gasteiger partial charge in [0, 0.05) is 6.07 Å². The summed E-state index contributed by atoms with van der Waals surface area (Å²) in [5.41, 5.74) is 14.8. The molecule has 0 aromatic heterocycles. The minimum absolute atomic E-state index is 0.0863. The van der Waals surface area contributed by atoms with E-state index in [9.17, 15) is 9.59 Å². The third kappa shape index (κ3) is 7.00. The van der Waals surface area contributed by atoms with Gasteiger partial charge >= 0.3 is 11.9 Å². The smallest absolute Gasteiger partial charge is 0.328 e. The largest absolute Gasteiger partial charge is 0.425 e. The van der Waals surface area contributed by atoms with Crippen molar-refractivity contribution in [2.75, 3.05) is 0 Å². The van der Waals surface area contributed by atoms with Gasteiger partial charge in [0.15, 0.2) is 0 Å². The topological polar surface area (TPSA) is 105 Å². The summed E-state index contributed by atoms with van der Waals surface area (Å²) >= 11 is 0. The van der Waals surface area contributed by atoms with Crippen LogP contribution in [-0.2, 0) is 22.4 Å². The summed E-state index contributed by atoms with van der Waals surface area (Å²) in [5, 5.41) is 0. The van der Waals surface area contributed by atoms with Crippen LogP contribution >= 0.6 is 0 Å². The molecule has 0 saturated carbocycles. The Hall–Kier alpha value is -3.48. The van der Waals surface area contributed by atoms with Crippen molar-refractivity contribution in [2.45, 2.75) is 44.7 Å². The van der Waals surface area contributed by atoms with Gasteiger partial charge in [0.1, 0.15) is 23.6 Å². The first-order valence-corrected chi connectivity index (χ1v) is 11.0. The highest BCUT2D eigenvalue weighted by Crippen LogP contribution is 2.31. The molecule has 33 heavy (non-hydrogen) atoms. The van der Waals surface area contributed by atoms with Crippen LogP contribution in [0.4, 0.5) is 0 Å². The number of benzene rings is 3. The molecule has 6 heteroatoms. The summed E-state index contributed by atoms with van der Waals surface area (Å²) in [6.07, 6.45) is 0.722. The maximum atomic E-state index is 12.7. The summed E-state index contributed by atoms with van der Waals surface area (Å²) in [6, 6.07) is 22.3. The van der Waals surface area contributed by atoms with Crippen molar-refractivity contribution in [1.82, 2.24) is 0 Å². The van der Waals surface area contributed by atoms with Gasteiger partial charge in [-0.25, -0.2) is 9.59 Å². The number of carbonyl (C=O) groups excluding carboxylic acids is 2. The number of esters is 2. The Morgan fingerprint density at radius 1 is 0.727 bits per heavy atom. The molecule has 0 radical (unpaired) electrons. The predicted molar refractivity (Wildman–Crippen MR) is 128 cm³/mol. The second kappa shape index (κ2) is 11.4. The zero-order chi connectivity index (χ0) is 23.8. The van der Waals surface area contributed by atoms with Crippen molar-refractivity contribution >= 4 is 11.9 Å². The van der Waals surface area contributed by atoms with Gasteiger partial charge in [0.2, 0.25) is 0 Å². The molecule has 2 unspecified atom stereocenters. The molecule has 4 N–H and O–H groups in total. The highest BCUT2D eigenvalue weighted by molar-refractivity contribution is 5.80. The van der Waals surface area contributed by atoms with E-state index in [0.29, 0.717) is 18.6 Å². The Labute approximate surface area is 194 Å². The average Bonchev–Trinajstić information content (AvgIpc) is 2.80. The first-order valence-electron chi connectivity index (χ1n) is 11.0. The van der Waals surface area contributed by atoms with Gasteiger partial charge in [-0.1, -0.05) is 80.6 Å². The number of hydrogen-bond acceptors (Lipinski definition) is 6. The highest BCUT2D eigenvalue weighted by Gasteiger charge is 2.21. The van der Waals surface area contributed by atoms with E-state index in [1.54, 1.807) is 12.1 Å². The molecule has 3 aromatic carbocycles. The Balaban J connectivity index is 1.69. The Morgan fingerprint density at radius 2 is 1.21 bits per heavy atom. The molecule has 0 aliphatic carbocycles. The van der Waals surface area contributed by atoms with E-state index in [1.165, 1.54) is 6.07 Å². The fourth-order valence-corrected chi connectivity index (χ4v) is 3.42. The molecule has 2 atom stereocenters. The zero-order valence-corrected chi connectivity index (χ0v) is 18.9. The van der Waals surface area contributed by atoms with Gasteiger partial charge in [-0.05, 0) is 41.5 Å². The van der Waals surface area contributed by atoms with E-state index >= 15 is 0 Å². The molecular weight excluding hydrogens is 416 g/mol. The third-order valence-corrected chi connectivity index (χ3v) is 5.24. The lowest BCUT2D eigenvalue weighted by molar-refractivity contribution is -0.136. The molecule has 0 aliphatic rings. The maximum Gasteiger partial charge on any atom is 0.328 e. The van der Waals surface area contributed by atoms with Crippen LogP contribution in [0.2, 0.25) is 0 Å². The molecule has 0 aliphatic heterocycles. The molecule has 0 fully saturated rings. The van der Waals surface area contributed by atoms with Gasteiger partial charge in [0.25, 0.3) is 0 Å². The average molecular weight is 447 g/mol. The Bertz CT molecular complexity index is 1070. The van der Waals surface area contributed by atoms with Crippen molar-refractivity contribution < 1.29 is 19.1 Å². The van der Waals surface area contributed by atoms with Gasteiger partial charge in [-0.3, -0.25) is 0 Å². The van der Waals surface area contributed by atoms with Gasteiger partial charge in [-0.2, -0.15) is 0 Å². The maximum absolute atomic E-state index is 12.7. The van der Waals surface area contributed by atoms with Crippen molar-refractivity contribution in [3.05, 3.63) is 95.6 Å². The van der Waals surface area contributed by atoms with E-state index in [1.807, 2.05) is 74.5 Å². The van der Waals surface area contributed by atoms with Crippen molar-refractivity contribution in [2.24, 2.45) is 11.5 Å². The molecule has 6 nitrogen and oxygen atoms in total. The number of ether oxygens (including phenoxy) is 2. The van der Waals surface area contributed by atoms with E-state index in [4.69, 9.17) is 20.9 Å². The summed E-state index contributed by atoms with van der Waals surface area (Å²) in [4.78, 5) is 25.2. The summed E-state index contributed by atoms with van der Waals surface area (Å²) in [5.74, 6) is -0.449. The number of carbonyl (C=O) groups is 2. The third-order valence-electron chi connectivity index (χ3n) is 5.24. The molecule has 172 valence electrons. The number of rotatable bonds is 9. The van der Waals surface area contributed by atoms with E-state index in [0.717, 1.165) is 16.7 Å². The van der Waals surface area contributed by atoms with Crippen LogP contribution in [-0.4, -0.2) is 24.0 Å². The molecule has 3 rings (SSSR count). The molecule has 3 aromatic rings. The molecule has 0 heterocycles. The first-order chi connectivity index (χ1) is 15.8. The molecule has 0 saturated heterocycles. The van der Waals surface area contributed by atoms with Crippen molar-refractivity contribution in [3.63, 3.8) is 0 Å². The van der Waals surface area contributed by atoms with Crippen LogP contribution in [0.3, 0.4) is 0 Å². The van der Waals surface area contributed by atoms with Crippen LogP contribution in [0.15, 0.2) is 78.9 Å². The fraction of sp³-hybridized carbons (Fsp3) is 0.259. The number of hydrogen-bond donors (Lipinski definition) is 2. The van der Waals surface area contributed by atoms with Gasteiger partial charge in [0.05, 0.1) is 0 Å². The monoisotopic (exact) mass is 446 g/mol. The summed E-state index contributed by atoms with van der Waals surface area (Å²) in [7, 11) is 0. The normalized spacial score (nSPS) is 12.8. The van der Waals surface area contributed by atoms with Gasteiger partial charge < -0.3 is 20.9 Å². The second-order valence-corrected chi connectivity index (χ2v) is 8.29. The quantitative estimate of drug-likeness (QED) is 0.383. The van der Waals surface area contributed by atoms with E-state index in [-0.39, 0.29) is 11.7 Å². The van der Waals surface area contributed by atoms with Crippen LogP contribution in [0.25, 0.3) is 0 Å². The van der Waals surface area contributed by atoms with Crippen LogP contribution < -0.4 is 20.9 Å². The minimum Gasteiger partial charge on any atom is -0.425 e. The minimum atomic E-state index is -0.821. The first kappa shape index (κ1) is 24.2. The molecule has 0 amide bonds. The van der Waals surface area contributed by atoms with Crippen LogP contribution in [0.1, 0.15) is 36.5 Å². The summed E-state index contributed by atoms with van der Waals surface area (Å²) < 4.78 is 11.1. The predicted octanol–water partition coefficient (Wildman–Crippen LogP) is 3.76. The SMILES string of the molecule is CC(C)c1ccc(OC(=O)C(N)Cc2ccccc2)cc1OC(=O)C(N)Cc1ccccc1. The molecule has 0 bridgehead atoms. The zero-order valence-electron chi connectivity index (χ0n) is 18.9. The molecular formula is C27H30N2O4. The number of nitrogens with two attached hydrogens (primary N) is 2. The Kier molecular flexibility index (Phi) is 8.35. The highest BCUT2D eigenvalue weighted by atomic mass is 16.5. The summed E-state index contributed by atoms with van der Waals surface area (Å²) in [6.45, 7) is 3.97. The van der Waals surface area contributed by atoms with Crippen LogP contribution in [0, 0.1) is 0 Å². The Morgan fingerprint density at radius 3 is 1.70 bits per heavy atom. The lowest BCUT2D eigenvalue weighted by Crippen LogP contribution is -2.36. The van der Waals surface area contributed by atoms with Crippen LogP contribution in [0.5, 0.6) is 11.5 Å². The van der Waals surface area contributed by atoms with Crippen molar-refractivity contribution in [1.29, 1.82) is 0 Å². The lowest BCUT2D eigenvalue weighted by atomic mass is 10.0.